The number of hydrogen-bond acceptors (Lipinski definition) is 5. The highest BCUT2D eigenvalue weighted by molar-refractivity contribution is 5.93. The molecule has 1 amide bonds. The number of aliphatic imine (C=N–C) groups is 1. The largest absolute Gasteiger partial charge is 0.444 e. The topological polar surface area (TPSA) is 109 Å². The number of imidazole rings is 1. The number of amides is 1. The molecule has 0 fully saturated rings. The summed E-state index contributed by atoms with van der Waals surface area (Å²) in [6.45, 7) is 0.794. The van der Waals surface area contributed by atoms with Gasteiger partial charge in [0.2, 0.25) is 5.96 Å². The normalized spacial score (nSPS) is 12.2. The van der Waals surface area contributed by atoms with Crippen LogP contribution in [0.15, 0.2) is 96.5 Å². The number of hydrogen-bond donors (Lipinski definition) is 2. The molecule has 4 rings (SSSR count). The van der Waals surface area contributed by atoms with Gasteiger partial charge in [-0.15, -0.1) is 0 Å². The number of aryl methyl sites for hydroxylation is 1. The molecule has 0 aliphatic carbocycles. The molecule has 2 aromatic carbocycles. The number of rotatable bonds is 11. The first kappa shape index (κ1) is 26.5. The molecule has 0 radical (unpaired) electrons. The van der Waals surface area contributed by atoms with Crippen LogP contribution in [0.5, 0.6) is 0 Å². The van der Waals surface area contributed by atoms with Gasteiger partial charge in [-0.3, -0.25) is 9.98 Å². The number of H-pyrrole nitrogens is 1. The summed E-state index contributed by atoms with van der Waals surface area (Å²) in [7, 11) is 0. The van der Waals surface area contributed by atoms with Crippen LogP contribution in [-0.2, 0) is 17.8 Å². The Morgan fingerprint density at radius 3 is 2.58 bits per heavy atom. The van der Waals surface area contributed by atoms with Crippen LogP contribution in [0.25, 0.3) is 0 Å². The molecule has 0 saturated heterocycles. The quantitative estimate of drug-likeness (QED) is 0.165. The van der Waals surface area contributed by atoms with Crippen LogP contribution in [-0.4, -0.2) is 45.0 Å². The molecule has 1 atom stereocenters. The molecular weight excluding hydrogens is 483 g/mol. The first-order chi connectivity index (χ1) is 18.6. The Kier molecular flexibility index (Phi) is 9.56. The van der Waals surface area contributed by atoms with Crippen molar-refractivity contribution in [1.29, 1.82) is 0 Å². The number of aromatic amines is 1. The van der Waals surface area contributed by atoms with Crippen LogP contribution in [0, 0.1) is 5.82 Å². The molecule has 9 heteroatoms. The first-order valence-electron chi connectivity index (χ1n) is 12.5. The lowest BCUT2D eigenvalue weighted by molar-refractivity contribution is 0.115. The molecule has 3 N–H and O–H groups in total. The predicted octanol–water partition coefficient (Wildman–Crippen LogP) is 5.05. The second-order valence-corrected chi connectivity index (χ2v) is 8.76. The highest BCUT2D eigenvalue weighted by Crippen LogP contribution is 2.27. The lowest BCUT2D eigenvalue weighted by Crippen LogP contribution is -2.43. The van der Waals surface area contributed by atoms with Crippen LogP contribution in [0.1, 0.15) is 41.3 Å². The van der Waals surface area contributed by atoms with E-state index in [1.165, 1.54) is 17.0 Å². The molecule has 8 nitrogen and oxygen atoms in total. The zero-order valence-corrected chi connectivity index (χ0v) is 21.0. The van der Waals surface area contributed by atoms with Crippen molar-refractivity contribution < 1.29 is 13.9 Å². The second-order valence-electron chi connectivity index (χ2n) is 8.76. The lowest BCUT2D eigenvalue weighted by atomic mass is 9.92. The molecule has 0 aliphatic heterocycles. The SMILES string of the molecule is NC(=NCCCc1cnc[nH]1)N(CCC(c1ccc(F)cc1)c1ccccn1)C(=O)OCc1ccccc1. The maximum atomic E-state index is 13.6. The van der Waals surface area contributed by atoms with E-state index >= 15 is 0 Å². The first-order valence-corrected chi connectivity index (χ1v) is 12.5. The van der Waals surface area contributed by atoms with Gasteiger partial charge in [-0.25, -0.2) is 19.1 Å². The van der Waals surface area contributed by atoms with Gasteiger partial charge in [0, 0.05) is 42.8 Å². The third-order valence-electron chi connectivity index (χ3n) is 6.09. The van der Waals surface area contributed by atoms with E-state index in [0.717, 1.165) is 35.4 Å². The minimum atomic E-state index is -0.581. The molecule has 0 spiro atoms. The number of carbonyl (C=O) groups excluding carboxylic acids is 1. The van der Waals surface area contributed by atoms with E-state index in [4.69, 9.17) is 10.5 Å². The molecule has 0 aliphatic rings. The zero-order valence-electron chi connectivity index (χ0n) is 21.0. The van der Waals surface area contributed by atoms with Gasteiger partial charge in [0.1, 0.15) is 12.4 Å². The monoisotopic (exact) mass is 514 g/mol. The van der Waals surface area contributed by atoms with Gasteiger partial charge >= 0.3 is 6.09 Å². The Labute approximate surface area is 221 Å². The van der Waals surface area contributed by atoms with E-state index in [1.807, 2.05) is 48.5 Å². The molecule has 4 aromatic rings. The molecular formula is C29H31FN6O2. The molecule has 38 heavy (non-hydrogen) atoms. The van der Waals surface area contributed by atoms with Crippen LogP contribution in [0.2, 0.25) is 0 Å². The van der Waals surface area contributed by atoms with Crippen molar-refractivity contribution in [2.75, 3.05) is 13.1 Å². The molecule has 0 bridgehead atoms. The van der Waals surface area contributed by atoms with Gasteiger partial charge in [-0.1, -0.05) is 48.5 Å². The number of nitrogens with two attached hydrogens (primary N) is 1. The minimum absolute atomic E-state index is 0.0894. The van der Waals surface area contributed by atoms with Crippen molar-refractivity contribution in [3.05, 3.63) is 120 Å². The average Bonchev–Trinajstić information content (AvgIpc) is 3.48. The summed E-state index contributed by atoms with van der Waals surface area (Å²) in [4.78, 5) is 30.6. The Morgan fingerprint density at radius 1 is 1.08 bits per heavy atom. The molecule has 2 heterocycles. The van der Waals surface area contributed by atoms with Crippen molar-refractivity contribution in [2.24, 2.45) is 10.7 Å². The summed E-state index contributed by atoms with van der Waals surface area (Å²) in [6.07, 6.45) is 6.52. The number of ether oxygens (including phenoxy) is 1. The van der Waals surface area contributed by atoms with Crippen molar-refractivity contribution in [3.63, 3.8) is 0 Å². The fraction of sp³-hybridized carbons (Fsp3) is 0.241. The van der Waals surface area contributed by atoms with Crippen molar-refractivity contribution in [2.45, 2.75) is 31.8 Å². The Bertz CT molecular complexity index is 1280. The molecule has 0 saturated carbocycles. The van der Waals surface area contributed by atoms with Crippen LogP contribution in [0.3, 0.4) is 0 Å². The van der Waals surface area contributed by atoms with Gasteiger partial charge in [0.15, 0.2) is 0 Å². The summed E-state index contributed by atoms with van der Waals surface area (Å²) >= 11 is 0. The summed E-state index contributed by atoms with van der Waals surface area (Å²) in [6, 6.07) is 21.4. The zero-order chi connectivity index (χ0) is 26.6. The molecule has 196 valence electrons. The summed E-state index contributed by atoms with van der Waals surface area (Å²) in [5, 5.41) is 0. The average molecular weight is 515 g/mol. The van der Waals surface area contributed by atoms with Gasteiger partial charge in [-0.2, -0.15) is 0 Å². The number of nitrogens with zero attached hydrogens (tertiary/aromatic N) is 4. The Hall–Kier alpha value is -4.53. The number of halogens is 1. The third-order valence-corrected chi connectivity index (χ3v) is 6.09. The van der Waals surface area contributed by atoms with E-state index in [2.05, 4.69) is 19.9 Å². The Balaban J connectivity index is 1.48. The summed E-state index contributed by atoms with van der Waals surface area (Å²) < 4.78 is 19.2. The highest BCUT2D eigenvalue weighted by atomic mass is 19.1. The van der Waals surface area contributed by atoms with Crippen LogP contribution >= 0.6 is 0 Å². The van der Waals surface area contributed by atoms with Crippen LogP contribution < -0.4 is 5.73 Å². The molecule has 1 unspecified atom stereocenters. The van der Waals surface area contributed by atoms with Gasteiger partial charge in [0.05, 0.1) is 6.33 Å². The number of pyridine rings is 1. The fourth-order valence-electron chi connectivity index (χ4n) is 4.09. The van der Waals surface area contributed by atoms with E-state index in [0.29, 0.717) is 13.0 Å². The number of guanidine groups is 1. The lowest BCUT2D eigenvalue weighted by Gasteiger charge is -2.24. The number of carbonyl (C=O) groups is 1. The highest BCUT2D eigenvalue weighted by Gasteiger charge is 2.23. The van der Waals surface area contributed by atoms with Crippen molar-refractivity contribution in [1.82, 2.24) is 19.9 Å². The van der Waals surface area contributed by atoms with Gasteiger partial charge < -0.3 is 15.5 Å². The van der Waals surface area contributed by atoms with Crippen molar-refractivity contribution >= 4 is 12.1 Å². The van der Waals surface area contributed by atoms with Gasteiger partial charge in [-0.05, 0) is 54.7 Å². The smallest absolute Gasteiger partial charge is 0.416 e. The standard InChI is InChI=1S/C29H31FN6O2/c30-24-13-11-23(12-14-24)26(27-10-4-5-16-33-27)15-18-36(29(37)38-20-22-7-2-1-3-8-22)28(31)34-17-6-9-25-19-32-21-35-25/h1-5,7-8,10-14,16,19,21,26H,6,9,15,17-18,20H2,(H2,31,34)(H,32,35). The number of aromatic nitrogens is 3. The van der Waals surface area contributed by atoms with E-state index < -0.39 is 6.09 Å². The number of nitrogens with one attached hydrogen (secondary N) is 1. The van der Waals surface area contributed by atoms with E-state index in [1.54, 1.807) is 30.9 Å². The predicted molar refractivity (Wildman–Crippen MR) is 144 cm³/mol. The van der Waals surface area contributed by atoms with E-state index in [9.17, 15) is 9.18 Å². The van der Waals surface area contributed by atoms with Crippen LogP contribution in [0.4, 0.5) is 9.18 Å². The van der Waals surface area contributed by atoms with Gasteiger partial charge in [0.25, 0.3) is 0 Å². The second kappa shape index (κ2) is 13.7. The third kappa shape index (κ3) is 7.73. The fourth-order valence-corrected chi connectivity index (χ4v) is 4.09. The Morgan fingerprint density at radius 2 is 1.87 bits per heavy atom. The van der Waals surface area contributed by atoms with E-state index in [-0.39, 0.29) is 30.8 Å². The van der Waals surface area contributed by atoms with Crippen molar-refractivity contribution in [3.8, 4) is 0 Å². The maximum absolute atomic E-state index is 13.6. The summed E-state index contributed by atoms with van der Waals surface area (Å²) in [5.41, 5.74) is 9.90. The maximum Gasteiger partial charge on any atom is 0.416 e. The number of benzene rings is 2. The molecule has 2 aromatic heterocycles. The minimum Gasteiger partial charge on any atom is -0.444 e. The summed E-state index contributed by atoms with van der Waals surface area (Å²) in [5.74, 6) is -0.410.